The van der Waals surface area contributed by atoms with Crippen molar-refractivity contribution in [2.75, 3.05) is 14.1 Å². The van der Waals surface area contributed by atoms with E-state index in [1.54, 1.807) is 14.1 Å². The minimum Gasteiger partial charge on any atom is -0.343 e. The molecule has 4 nitrogen and oxygen atoms in total. The molecule has 1 amide bonds. The summed E-state index contributed by atoms with van der Waals surface area (Å²) in [5, 5.41) is 0.290. The van der Waals surface area contributed by atoms with Gasteiger partial charge in [-0.3, -0.25) is 4.79 Å². The second kappa shape index (κ2) is 4.57. The lowest BCUT2D eigenvalue weighted by atomic mass is 10.2. The quantitative estimate of drug-likeness (QED) is 0.776. The summed E-state index contributed by atoms with van der Waals surface area (Å²) in [6, 6.07) is 0. The van der Waals surface area contributed by atoms with Gasteiger partial charge in [0.2, 0.25) is 0 Å². The summed E-state index contributed by atoms with van der Waals surface area (Å²) >= 11 is 5.87. The summed E-state index contributed by atoms with van der Waals surface area (Å²) in [5.41, 5.74) is 0.264. The fraction of sp³-hybridized carbons (Fsp3) is 0.500. The standard InChI is InChI=1S/C10H14ClN3O/c1-6(2)9-12-5-7(11)8(13-9)10(15)14(3)4/h5-6H,1-4H3. The number of nitrogens with zero attached hydrogens (tertiary/aromatic N) is 3. The zero-order chi connectivity index (χ0) is 11.6. The second-order valence-electron chi connectivity index (χ2n) is 3.78. The topological polar surface area (TPSA) is 46.1 Å². The van der Waals surface area contributed by atoms with Crippen LogP contribution in [-0.2, 0) is 0 Å². The van der Waals surface area contributed by atoms with E-state index in [1.807, 2.05) is 13.8 Å². The summed E-state index contributed by atoms with van der Waals surface area (Å²) in [4.78, 5) is 21.4. The maximum atomic E-state index is 11.7. The molecule has 0 atom stereocenters. The molecule has 0 saturated heterocycles. The van der Waals surface area contributed by atoms with Gasteiger partial charge in [-0.05, 0) is 0 Å². The number of hydrogen-bond donors (Lipinski definition) is 0. The Morgan fingerprint density at radius 1 is 1.47 bits per heavy atom. The molecule has 0 unspecified atom stereocenters. The van der Waals surface area contributed by atoms with Crippen molar-refractivity contribution in [3.05, 3.63) is 22.7 Å². The summed E-state index contributed by atoms with van der Waals surface area (Å²) in [5.74, 6) is 0.602. The van der Waals surface area contributed by atoms with Crippen molar-refractivity contribution in [2.45, 2.75) is 19.8 Å². The number of hydrogen-bond acceptors (Lipinski definition) is 3. The van der Waals surface area contributed by atoms with Gasteiger partial charge in [0.15, 0.2) is 5.69 Å². The van der Waals surface area contributed by atoms with Crippen LogP contribution in [0.15, 0.2) is 6.20 Å². The Labute approximate surface area is 94.3 Å². The van der Waals surface area contributed by atoms with E-state index in [1.165, 1.54) is 11.1 Å². The summed E-state index contributed by atoms with van der Waals surface area (Å²) in [6.07, 6.45) is 1.47. The van der Waals surface area contributed by atoms with Gasteiger partial charge in [0.1, 0.15) is 5.82 Å². The highest BCUT2D eigenvalue weighted by Crippen LogP contribution is 2.17. The molecule has 0 radical (unpaired) electrons. The van der Waals surface area contributed by atoms with E-state index in [0.717, 1.165) is 0 Å². The highest BCUT2D eigenvalue weighted by molar-refractivity contribution is 6.33. The molecule has 82 valence electrons. The van der Waals surface area contributed by atoms with Crippen molar-refractivity contribution in [1.29, 1.82) is 0 Å². The predicted molar refractivity (Wildman–Crippen MR) is 59.1 cm³/mol. The average molecular weight is 228 g/mol. The molecule has 0 aromatic carbocycles. The van der Waals surface area contributed by atoms with Crippen LogP contribution in [0.4, 0.5) is 0 Å². The first-order valence-electron chi connectivity index (χ1n) is 4.67. The SMILES string of the molecule is CC(C)c1ncc(Cl)c(C(=O)N(C)C)n1. The molecule has 15 heavy (non-hydrogen) atoms. The molecular formula is C10H14ClN3O. The average Bonchev–Trinajstić information content (AvgIpc) is 2.16. The van der Waals surface area contributed by atoms with E-state index in [4.69, 9.17) is 11.6 Å². The molecule has 0 aliphatic rings. The maximum Gasteiger partial charge on any atom is 0.273 e. The van der Waals surface area contributed by atoms with Gasteiger partial charge in [-0.15, -0.1) is 0 Å². The molecule has 1 heterocycles. The van der Waals surface area contributed by atoms with Gasteiger partial charge in [0.05, 0.1) is 11.2 Å². The minimum absolute atomic E-state index is 0.177. The highest BCUT2D eigenvalue weighted by atomic mass is 35.5. The Hall–Kier alpha value is -1.16. The lowest BCUT2D eigenvalue weighted by molar-refractivity contribution is 0.0821. The van der Waals surface area contributed by atoms with Crippen LogP contribution in [0.5, 0.6) is 0 Å². The first kappa shape index (κ1) is 11.9. The molecule has 0 bridgehead atoms. The molecule has 0 saturated carbocycles. The van der Waals surface area contributed by atoms with Crippen LogP contribution < -0.4 is 0 Å². The molecule has 0 aliphatic carbocycles. The van der Waals surface area contributed by atoms with Crippen molar-refractivity contribution in [3.63, 3.8) is 0 Å². The fourth-order valence-corrected chi connectivity index (χ4v) is 1.19. The van der Waals surface area contributed by atoms with Crippen molar-refractivity contribution < 1.29 is 4.79 Å². The monoisotopic (exact) mass is 227 g/mol. The van der Waals surface area contributed by atoms with E-state index in [9.17, 15) is 4.79 Å². The van der Waals surface area contributed by atoms with E-state index in [-0.39, 0.29) is 22.5 Å². The molecule has 0 aliphatic heterocycles. The number of aromatic nitrogens is 2. The molecule has 1 aromatic heterocycles. The number of rotatable bonds is 2. The first-order chi connectivity index (χ1) is 6.93. The third kappa shape index (κ3) is 2.65. The van der Waals surface area contributed by atoms with E-state index < -0.39 is 0 Å². The van der Waals surface area contributed by atoms with Crippen LogP contribution in [0.25, 0.3) is 0 Å². The zero-order valence-corrected chi connectivity index (χ0v) is 10.0. The van der Waals surface area contributed by atoms with Gasteiger partial charge in [0, 0.05) is 20.0 Å². The van der Waals surface area contributed by atoms with Crippen LogP contribution >= 0.6 is 11.6 Å². The van der Waals surface area contributed by atoms with E-state index in [0.29, 0.717) is 5.82 Å². The molecule has 1 rings (SSSR count). The largest absolute Gasteiger partial charge is 0.343 e. The van der Waals surface area contributed by atoms with E-state index in [2.05, 4.69) is 9.97 Å². The lowest BCUT2D eigenvalue weighted by Crippen LogP contribution is -2.24. The van der Waals surface area contributed by atoms with Gasteiger partial charge in [-0.1, -0.05) is 25.4 Å². The first-order valence-corrected chi connectivity index (χ1v) is 5.05. The predicted octanol–water partition coefficient (Wildman–Crippen LogP) is 1.96. The van der Waals surface area contributed by atoms with Crippen LogP contribution in [0.1, 0.15) is 36.1 Å². The van der Waals surface area contributed by atoms with Crippen molar-refractivity contribution in [1.82, 2.24) is 14.9 Å². The molecule has 0 spiro atoms. The van der Waals surface area contributed by atoms with Crippen molar-refractivity contribution >= 4 is 17.5 Å². The molecule has 0 N–H and O–H groups in total. The van der Waals surface area contributed by atoms with Gasteiger partial charge < -0.3 is 4.90 Å². The van der Waals surface area contributed by atoms with Crippen molar-refractivity contribution in [2.24, 2.45) is 0 Å². The normalized spacial score (nSPS) is 10.5. The Morgan fingerprint density at radius 3 is 2.53 bits per heavy atom. The number of halogens is 1. The van der Waals surface area contributed by atoms with Crippen LogP contribution in [0.2, 0.25) is 5.02 Å². The smallest absolute Gasteiger partial charge is 0.273 e. The van der Waals surface area contributed by atoms with Crippen LogP contribution in [0, 0.1) is 0 Å². The molecule has 0 fully saturated rings. The maximum absolute atomic E-state index is 11.7. The minimum atomic E-state index is -0.204. The second-order valence-corrected chi connectivity index (χ2v) is 4.19. The summed E-state index contributed by atoms with van der Waals surface area (Å²) < 4.78 is 0. The Balaban J connectivity index is 3.16. The number of carbonyl (C=O) groups excluding carboxylic acids is 1. The fourth-order valence-electron chi connectivity index (χ4n) is 1.02. The third-order valence-electron chi connectivity index (χ3n) is 1.89. The Bertz CT molecular complexity index is 377. The molecular weight excluding hydrogens is 214 g/mol. The van der Waals surface area contributed by atoms with E-state index >= 15 is 0 Å². The summed E-state index contributed by atoms with van der Waals surface area (Å²) in [7, 11) is 3.33. The Morgan fingerprint density at radius 2 is 2.07 bits per heavy atom. The third-order valence-corrected chi connectivity index (χ3v) is 2.16. The zero-order valence-electron chi connectivity index (χ0n) is 9.28. The number of carbonyl (C=O) groups is 1. The summed E-state index contributed by atoms with van der Waals surface area (Å²) in [6.45, 7) is 3.93. The molecule has 5 heteroatoms. The van der Waals surface area contributed by atoms with Gasteiger partial charge in [-0.2, -0.15) is 0 Å². The Kier molecular flexibility index (Phi) is 3.63. The number of amides is 1. The van der Waals surface area contributed by atoms with Crippen molar-refractivity contribution in [3.8, 4) is 0 Å². The van der Waals surface area contributed by atoms with Crippen LogP contribution in [-0.4, -0.2) is 34.9 Å². The van der Waals surface area contributed by atoms with Crippen LogP contribution in [0.3, 0.4) is 0 Å². The highest BCUT2D eigenvalue weighted by Gasteiger charge is 2.16. The van der Waals surface area contributed by atoms with Gasteiger partial charge >= 0.3 is 0 Å². The van der Waals surface area contributed by atoms with Gasteiger partial charge in [-0.25, -0.2) is 9.97 Å². The lowest BCUT2D eigenvalue weighted by Gasteiger charge is -2.12. The van der Waals surface area contributed by atoms with Gasteiger partial charge in [0.25, 0.3) is 5.91 Å². The molecule has 1 aromatic rings.